The molecule has 35 heavy (non-hydrogen) atoms. The highest BCUT2D eigenvalue weighted by Gasteiger charge is 2.29. The molecule has 1 aliphatic carbocycles. The van der Waals surface area contributed by atoms with Crippen LogP contribution in [0.1, 0.15) is 56.1 Å². The molecule has 2 aromatic rings. The van der Waals surface area contributed by atoms with Gasteiger partial charge in [-0.15, -0.1) is 0 Å². The number of hydrogen-bond acceptors (Lipinski definition) is 4. The number of benzene rings is 2. The number of carbonyl (C=O) groups is 3. The van der Waals surface area contributed by atoms with Crippen molar-refractivity contribution >= 4 is 18.0 Å². The molecule has 0 bridgehead atoms. The van der Waals surface area contributed by atoms with Crippen LogP contribution in [0.3, 0.4) is 0 Å². The van der Waals surface area contributed by atoms with E-state index in [4.69, 9.17) is 9.84 Å². The highest BCUT2D eigenvalue weighted by Crippen LogP contribution is 2.44. The van der Waals surface area contributed by atoms with Crippen LogP contribution < -0.4 is 5.32 Å². The normalized spacial score (nSPS) is 15.6. The Hall–Kier alpha value is -3.61. The van der Waals surface area contributed by atoms with E-state index in [1.807, 2.05) is 24.3 Å². The van der Waals surface area contributed by atoms with Gasteiger partial charge in [0.05, 0.1) is 0 Å². The van der Waals surface area contributed by atoms with Gasteiger partial charge in [0.2, 0.25) is 5.91 Å². The average molecular weight is 477 g/mol. The lowest BCUT2D eigenvalue weighted by Crippen LogP contribution is -2.42. The van der Waals surface area contributed by atoms with Crippen molar-refractivity contribution in [1.29, 1.82) is 0 Å². The van der Waals surface area contributed by atoms with E-state index in [0.717, 1.165) is 24.0 Å². The first-order valence-corrected chi connectivity index (χ1v) is 12.3. The zero-order valence-corrected chi connectivity index (χ0v) is 20.0. The predicted octanol–water partition coefficient (Wildman–Crippen LogP) is 4.72. The summed E-state index contributed by atoms with van der Waals surface area (Å²) >= 11 is 0. The molecule has 0 saturated carbocycles. The molecule has 2 aliphatic rings. The number of carboxylic acids is 1. The van der Waals surface area contributed by atoms with Gasteiger partial charge in [-0.3, -0.25) is 4.79 Å². The number of aliphatic carboxylic acids is 1. The largest absolute Gasteiger partial charge is 0.478 e. The molecule has 0 spiro atoms. The lowest BCUT2D eigenvalue weighted by atomic mass is 9.98. The van der Waals surface area contributed by atoms with Crippen LogP contribution in [0.15, 0.2) is 60.2 Å². The van der Waals surface area contributed by atoms with Crippen molar-refractivity contribution in [3.8, 4) is 11.1 Å². The molecule has 1 unspecified atom stereocenters. The Bertz CT molecular complexity index is 1080. The molecule has 1 atom stereocenters. The maximum atomic E-state index is 12.8. The molecule has 1 heterocycles. The molecule has 2 aromatic carbocycles. The minimum absolute atomic E-state index is 0.0209. The number of amides is 2. The maximum Gasteiger partial charge on any atom is 0.407 e. The number of hydrogen-bond donors (Lipinski definition) is 2. The first-order valence-electron chi connectivity index (χ1n) is 12.3. The number of fused-ring (bicyclic) bond motifs is 3. The summed E-state index contributed by atoms with van der Waals surface area (Å²) in [5, 5.41) is 12.0. The van der Waals surface area contributed by atoms with E-state index < -0.39 is 12.1 Å². The predicted molar refractivity (Wildman–Crippen MR) is 133 cm³/mol. The molecule has 7 heteroatoms. The van der Waals surface area contributed by atoms with Crippen molar-refractivity contribution < 1.29 is 24.2 Å². The minimum Gasteiger partial charge on any atom is -0.478 e. The van der Waals surface area contributed by atoms with E-state index in [9.17, 15) is 14.4 Å². The quantitative estimate of drug-likeness (QED) is 0.546. The Morgan fingerprint density at radius 2 is 1.74 bits per heavy atom. The summed E-state index contributed by atoms with van der Waals surface area (Å²) in [7, 11) is 0. The lowest BCUT2D eigenvalue weighted by molar-refractivity contribution is -0.135. The Morgan fingerprint density at radius 1 is 1.09 bits per heavy atom. The fourth-order valence-electron chi connectivity index (χ4n) is 4.91. The minimum atomic E-state index is -0.935. The first kappa shape index (κ1) is 24.5. The Balaban J connectivity index is 1.35. The van der Waals surface area contributed by atoms with Gasteiger partial charge >= 0.3 is 12.1 Å². The number of unbranched alkanes of at least 4 members (excludes halogenated alkanes) is 1. The van der Waals surface area contributed by atoms with Crippen LogP contribution in [0, 0.1) is 0 Å². The third kappa shape index (κ3) is 5.73. The number of nitrogens with one attached hydrogen (secondary N) is 1. The van der Waals surface area contributed by atoms with Crippen molar-refractivity contribution in [3.63, 3.8) is 0 Å². The van der Waals surface area contributed by atoms with E-state index >= 15 is 0 Å². The highest BCUT2D eigenvalue weighted by atomic mass is 16.5. The smallest absolute Gasteiger partial charge is 0.407 e. The lowest BCUT2D eigenvalue weighted by Gasteiger charge is -2.27. The van der Waals surface area contributed by atoms with E-state index in [-0.39, 0.29) is 37.4 Å². The number of ether oxygens (including phenoxy) is 1. The summed E-state index contributed by atoms with van der Waals surface area (Å²) < 4.78 is 5.67. The van der Waals surface area contributed by atoms with Crippen molar-refractivity contribution in [2.75, 3.05) is 19.7 Å². The number of alkyl carbamates (subject to hydrolysis) is 1. The topological polar surface area (TPSA) is 95.9 Å². The van der Waals surface area contributed by atoms with Crippen LogP contribution in [-0.2, 0) is 14.3 Å². The molecule has 0 aromatic heterocycles. The Morgan fingerprint density at radius 3 is 2.31 bits per heavy atom. The van der Waals surface area contributed by atoms with Gasteiger partial charge in [-0.1, -0.05) is 74.4 Å². The fraction of sp³-hybridized carbons (Fsp3) is 0.393. The fourth-order valence-corrected chi connectivity index (χ4v) is 4.91. The van der Waals surface area contributed by atoms with Gasteiger partial charge in [-0.2, -0.15) is 0 Å². The number of rotatable bonds is 9. The van der Waals surface area contributed by atoms with Crippen LogP contribution in [0.25, 0.3) is 11.1 Å². The van der Waals surface area contributed by atoms with Crippen LogP contribution >= 0.6 is 0 Å². The summed E-state index contributed by atoms with van der Waals surface area (Å²) in [5.41, 5.74) is 4.99. The van der Waals surface area contributed by atoms with Gasteiger partial charge in [0.1, 0.15) is 6.61 Å². The molecule has 0 saturated heterocycles. The van der Waals surface area contributed by atoms with Crippen molar-refractivity contribution in [2.45, 2.75) is 51.0 Å². The highest BCUT2D eigenvalue weighted by molar-refractivity contribution is 5.87. The molecular weight excluding hydrogens is 444 g/mol. The van der Waals surface area contributed by atoms with Gasteiger partial charge in [-0.25, -0.2) is 9.59 Å². The zero-order valence-electron chi connectivity index (χ0n) is 20.0. The zero-order chi connectivity index (χ0) is 24.8. The molecule has 2 N–H and O–H groups in total. The molecule has 4 rings (SSSR count). The summed E-state index contributed by atoms with van der Waals surface area (Å²) in [5.74, 6) is -1.05. The third-order valence-electron chi connectivity index (χ3n) is 6.83. The van der Waals surface area contributed by atoms with Crippen molar-refractivity contribution in [1.82, 2.24) is 10.2 Å². The third-order valence-corrected chi connectivity index (χ3v) is 6.83. The van der Waals surface area contributed by atoms with Crippen LogP contribution in [0.4, 0.5) is 4.79 Å². The monoisotopic (exact) mass is 476 g/mol. The number of carbonyl (C=O) groups excluding carboxylic acids is 2. The van der Waals surface area contributed by atoms with Crippen molar-refractivity contribution in [2.24, 2.45) is 0 Å². The Kier molecular flexibility index (Phi) is 7.85. The van der Waals surface area contributed by atoms with Gasteiger partial charge in [-0.05, 0) is 35.1 Å². The second kappa shape index (κ2) is 11.2. The second-order valence-electron chi connectivity index (χ2n) is 9.14. The SMILES string of the molecule is CCCCC(CC(=O)N1CC=C(C(=O)O)CC1)NC(=O)OCC1c2ccccc2-c2ccccc21. The standard InChI is InChI=1S/C28H32N2O5/c1-2-3-8-20(17-26(31)30-15-13-19(14-16-30)27(32)33)29-28(34)35-18-25-23-11-6-4-9-21(23)22-10-5-7-12-24(22)25/h4-7,9-13,20,25H,2-3,8,14-18H2,1H3,(H,29,34)(H,32,33). The molecule has 7 nitrogen and oxygen atoms in total. The molecule has 184 valence electrons. The number of carboxylic acid groups (broad SMARTS) is 1. The summed E-state index contributed by atoms with van der Waals surface area (Å²) in [4.78, 5) is 38.3. The van der Waals surface area contributed by atoms with Gasteiger partial charge in [0.25, 0.3) is 0 Å². The van der Waals surface area contributed by atoms with Crippen LogP contribution in [0.2, 0.25) is 0 Å². The van der Waals surface area contributed by atoms with E-state index in [1.165, 1.54) is 11.1 Å². The van der Waals surface area contributed by atoms with E-state index in [2.05, 4.69) is 36.5 Å². The summed E-state index contributed by atoms with van der Waals surface area (Å²) in [6.07, 6.45) is 4.07. The molecule has 2 amide bonds. The van der Waals surface area contributed by atoms with Gasteiger partial charge in [0, 0.05) is 37.0 Å². The summed E-state index contributed by atoms with van der Waals surface area (Å²) in [6.45, 7) is 2.95. The average Bonchev–Trinajstić information content (AvgIpc) is 3.19. The van der Waals surface area contributed by atoms with E-state index in [0.29, 0.717) is 25.0 Å². The van der Waals surface area contributed by atoms with Crippen LogP contribution in [0.5, 0.6) is 0 Å². The van der Waals surface area contributed by atoms with Gasteiger partial charge < -0.3 is 20.1 Å². The molecule has 0 fully saturated rings. The second-order valence-corrected chi connectivity index (χ2v) is 9.14. The molecule has 1 aliphatic heterocycles. The van der Waals surface area contributed by atoms with E-state index in [1.54, 1.807) is 11.0 Å². The first-order chi connectivity index (χ1) is 17.0. The van der Waals surface area contributed by atoms with Crippen molar-refractivity contribution in [3.05, 3.63) is 71.3 Å². The Labute approximate surface area is 205 Å². The molecule has 0 radical (unpaired) electrons. The van der Waals surface area contributed by atoms with Crippen LogP contribution in [-0.4, -0.2) is 53.7 Å². The molecular formula is C28H32N2O5. The number of nitrogens with zero attached hydrogens (tertiary/aromatic N) is 1. The summed E-state index contributed by atoms with van der Waals surface area (Å²) in [6, 6.07) is 16.0. The van der Waals surface area contributed by atoms with Gasteiger partial charge in [0.15, 0.2) is 0 Å². The maximum absolute atomic E-state index is 12.8.